The minimum absolute atomic E-state index is 0.228. The molecule has 0 aromatic heterocycles. The lowest BCUT2D eigenvalue weighted by Crippen LogP contribution is -2.56. The first kappa shape index (κ1) is 23.5. The number of amides is 2. The maximum atomic E-state index is 14.2. The zero-order valence-electron chi connectivity index (χ0n) is 18.8. The lowest BCUT2D eigenvalue weighted by molar-refractivity contribution is -0.153. The summed E-state index contributed by atoms with van der Waals surface area (Å²) in [4.78, 5) is 44.5. The smallest absolute Gasteiger partial charge is 0.311 e. The largest absolute Gasteiger partial charge is 0.465 e. The SMILES string of the molecule is CC[C@@H](CO)N1C(=O)[C@@H]2[C@@H]3C(=O)OCCC=C[C@@H]3S[C@@]23C=CCN(c2ccc(Cl)cc2)C(=O)C13. The van der Waals surface area contributed by atoms with E-state index in [9.17, 15) is 19.5 Å². The predicted molar refractivity (Wildman–Crippen MR) is 131 cm³/mol. The van der Waals surface area contributed by atoms with E-state index in [1.165, 1.54) is 11.8 Å². The molecule has 1 unspecified atom stereocenters. The Balaban J connectivity index is 1.64. The van der Waals surface area contributed by atoms with E-state index in [0.29, 0.717) is 30.1 Å². The van der Waals surface area contributed by atoms with Gasteiger partial charge in [0.1, 0.15) is 6.04 Å². The maximum absolute atomic E-state index is 14.2. The highest BCUT2D eigenvalue weighted by Gasteiger charge is 2.71. The summed E-state index contributed by atoms with van der Waals surface area (Å²) in [5.74, 6) is -2.32. The van der Waals surface area contributed by atoms with Crippen LogP contribution >= 0.6 is 23.4 Å². The molecule has 180 valence electrons. The quantitative estimate of drug-likeness (QED) is 0.503. The zero-order valence-corrected chi connectivity index (χ0v) is 20.4. The lowest BCUT2D eigenvalue weighted by atomic mass is 9.78. The number of rotatable bonds is 4. The molecule has 9 heteroatoms. The van der Waals surface area contributed by atoms with Gasteiger partial charge in [-0.3, -0.25) is 14.4 Å². The number of nitrogens with zero attached hydrogens (tertiary/aromatic N) is 2. The van der Waals surface area contributed by atoms with Crippen LogP contribution in [-0.2, 0) is 19.1 Å². The van der Waals surface area contributed by atoms with Crippen molar-refractivity contribution in [2.24, 2.45) is 11.8 Å². The topological polar surface area (TPSA) is 87.2 Å². The van der Waals surface area contributed by atoms with E-state index < -0.39 is 34.6 Å². The second-order valence-electron chi connectivity index (χ2n) is 9.04. The number of hydrogen-bond donors (Lipinski definition) is 1. The summed E-state index contributed by atoms with van der Waals surface area (Å²) in [5, 5.41) is 10.4. The van der Waals surface area contributed by atoms with Gasteiger partial charge in [-0.1, -0.05) is 42.8 Å². The van der Waals surface area contributed by atoms with E-state index in [-0.39, 0.29) is 30.3 Å². The Morgan fingerprint density at radius 1 is 1.21 bits per heavy atom. The zero-order chi connectivity index (χ0) is 24.0. The average Bonchev–Trinajstić information content (AvgIpc) is 3.20. The Bertz CT molecular complexity index is 1060. The third-order valence-electron chi connectivity index (χ3n) is 7.27. The number of halogens is 1. The van der Waals surface area contributed by atoms with Crippen molar-refractivity contribution in [3.63, 3.8) is 0 Å². The van der Waals surface area contributed by atoms with Gasteiger partial charge in [-0.15, -0.1) is 11.8 Å². The molecule has 1 aromatic rings. The molecule has 6 atom stereocenters. The summed E-state index contributed by atoms with van der Waals surface area (Å²) in [6.07, 6.45) is 8.95. The molecule has 1 N–H and O–H groups in total. The Morgan fingerprint density at radius 2 is 1.97 bits per heavy atom. The molecule has 4 aliphatic heterocycles. The van der Waals surface area contributed by atoms with Crippen LogP contribution in [0.3, 0.4) is 0 Å². The molecular weight excluding hydrogens is 476 g/mol. The van der Waals surface area contributed by atoms with Crippen molar-refractivity contribution >= 4 is 46.8 Å². The van der Waals surface area contributed by atoms with Crippen LogP contribution in [0.1, 0.15) is 19.8 Å². The first-order chi connectivity index (χ1) is 16.4. The van der Waals surface area contributed by atoms with E-state index in [1.807, 2.05) is 31.2 Å². The second kappa shape index (κ2) is 9.06. The molecule has 0 radical (unpaired) electrons. The third-order valence-corrected chi connectivity index (χ3v) is 9.27. The molecule has 34 heavy (non-hydrogen) atoms. The van der Waals surface area contributed by atoms with Crippen LogP contribution in [0, 0.1) is 11.8 Å². The lowest BCUT2D eigenvalue weighted by Gasteiger charge is -2.38. The number of fused-ring (bicyclic) bond motifs is 2. The fourth-order valence-corrected chi connectivity index (χ4v) is 7.82. The molecule has 1 spiro atoms. The number of hydrogen-bond acceptors (Lipinski definition) is 6. The third kappa shape index (κ3) is 3.49. The van der Waals surface area contributed by atoms with Crippen molar-refractivity contribution in [3.05, 3.63) is 53.6 Å². The number of carbonyl (C=O) groups is 3. The number of ether oxygens (including phenoxy) is 1. The molecular formula is C25H27ClN2O5S. The van der Waals surface area contributed by atoms with Crippen LogP contribution in [0.2, 0.25) is 5.02 Å². The molecule has 0 aliphatic carbocycles. The predicted octanol–water partition coefficient (Wildman–Crippen LogP) is 2.81. The number of cyclic esters (lactones) is 1. The minimum Gasteiger partial charge on any atom is -0.465 e. The summed E-state index contributed by atoms with van der Waals surface area (Å²) >= 11 is 7.56. The van der Waals surface area contributed by atoms with Crippen LogP contribution in [-0.4, -0.2) is 69.6 Å². The van der Waals surface area contributed by atoms with Gasteiger partial charge in [0.25, 0.3) is 5.91 Å². The van der Waals surface area contributed by atoms with Crippen molar-refractivity contribution in [1.82, 2.24) is 4.90 Å². The molecule has 2 amide bonds. The fraction of sp³-hybridized carbons (Fsp3) is 0.480. The van der Waals surface area contributed by atoms with E-state index in [1.54, 1.807) is 34.1 Å². The van der Waals surface area contributed by atoms with Gasteiger partial charge in [0.15, 0.2) is 0 Å². The molecule has 7 nitrogen and oxygen atoms in total. The maximum Gasteiger partial charge on any atom is 0.311 e. The molecule has 4 heterocycles. The van der Waals surface area contributed by atoms with Crippen LogP contribution in [0.25, 0.3) is 0 Å². The molecule has 2 fully saturated rings. The fourth-order valence-electron chi connectivity index (χ4n) is 5.71. The summed E-state index contributed by atoms with van der Waals surface area (Å²) in [7, 11) is 0. The standard InChI is InChI=1S/C25H27ClN2O5S/c1-2-16(14-29)28-21-23(31)27(17-9-7-15(26)8-10-17)12-5-11-25(21)20(22(28)30)19-18(34-25)6-3-4-13-33-24(19)32/h3,5-11,16,18-21,29H,2,4,12-14H2,1H3/t16-,18-,19+,20-,21?,25-/m0/s1. The number of esters is 1. The minimum atomic E-state index is -0.930. The molecule has 4 aliphatic rings. The Morgan fingerprint density at radius 3 is 2.68 bits per heavy atom. The monoisotopic (exact) mass is 502 g/mol. The van der Waals surface area contributed by atoms with Gasteiger partial charge < -0.3 is 19.6 Å². The number of carbonyl (C=O) groups excluding carboxylic acids is 3. The summed E-state index contributed by atoms with van der Waals surface area (Å²) in [6.45, 7) is 2.23. The molecule has 1 aromatic carbocycles. The Labute approximate surface area is 207 Å². The van der Waals surface area contributed by atoms with Crippen molar-refractivity contribution < 1.29 is 24.2 Å². The second-order valence-corrected chi connectivity index (χ2v) is 11.0. The number of thioether (sulfide) groups is 1. The number of aliphatic hydroxyl groups is 1. The summed E-state index contributed by atoms with van der Waals surface area (Å²) in [6, 6.07) is 5.64. The first-order valence-electron chi connectivity index (χ1n) is 11.6. The van der Waals surface area contributed by atoms with Crippen molar-refractivity contribution in [2.75, 3.05) is 24.7 Å². The Kier molecular flexibility index (Phi) is 6.25. The molecule has 5 rings (SSSR count). The Hall–Kier alpha value is -2.29. The van der Waals surface area contributed by atoms with Gasteiger partial charge in [-0.25, -0.2) is 0 Å². The van der Waals surface area contributed by atoms with Crippen LogP contribution < -0.4 is 4.90 Å². The van der Waals surface area contributed by atoms with Crippen LogP contribution in [0.4, 0.5) is 5.69 Å². The average molecular weight is 503 g/mol. The van der Waals surface area contributed by atoms with Gasteiger partial charge in [-0.2, -0.15) is 0 Å². The highest BCUT2D eigenvalue weighted by atomic mass is 35.5. The van der Waals surface area contributed by atoms with E-state index in [4.69, 9.17) is 16.3 Å². The van der Waals surface area contributed by atoms with E-state index >= 15 is 0 Å². The highest BCUT2D eigenvalue weighted by molar-refractivity contribution is 8.02. The van der Waals surface area contributed by atoms with E-state index in [0.717, 1.165) is 0 Å². The van der Waals surface area contributed by atoms with Crippen molar-refractivity contribution in [3.8, 4) is 0 Å². The number of anilines is 1. The first-order valence-corrected chi connectivity index (χ1v) is 12.9. The summed E-state index contributed by atoms with van der Waals surface area (Å²) < 4.78 is 4.55. The van der Waals surface area contributed by atoms with Crippen molar-refractivity contribution in [2.45, 2.75) is 41.8 Å². The van der Waals surface area contributed by atoms with Gasteiger partial charge in [0.2, 0.25) is 5.91 Å². The number of benzene rings is 1. The number of aliphatic hydroxyl groups excluding tert-OH is 1. The normalized spacial score (nSPS) is 33.6. The highest BCUT2D eigenvalue weighted by Crippen LogP contribution is 2.61. The molecule has 2 saturated heterocycles. The van der Waals surface area contributed by atoms with Crippen LogP contribution in [0.15, 0.2) is 48.6 Å². The summed E-state index contributed by atoms with van der Waals surface area (Å²) in [5.41, 5.74) is 0.678. The van der Waals surface area contributed by atoms with Crippen LogP contribution in [0.5, 0.6) is 0 Å². The van der Waals surface area contributed by atoms with Gasteiger partial charge >= 0.3 is 5.97 Å². The van der Waals surface area contributed by atoms with Crippen molar-refractivity contribution in [1.29, 1.82) is 0 Å². The van der Waals surface area contributed by atoms with Gasteiger partial charge in [0.05, 0.1) is 35.8 Å². The molecule has 0 saturated carbocycles. The molecule has 0 bridgehead atoms. The van der Waals surface area contributed by atoms with Gasteiger partial charge in [0, 0.05) is 22.5 Å². The number of likely N-dealkylation sites (tertiary alicyclic amines) is 1. The van der Waals surface area contributed by atoms with Gasteiger partial charge in [-0.05, 0) is 37.1 Å². The van der Waals surface area contributed by atoms with E-state index in [2.05, 4.69) is 0 Å².